The van der Waals surface area contributed by atoms with Crippen LogP contribution in [0.25, 0.3) is 11.1 Å². The number of rotatable bonds is 2. The topological polar surface area (TPSA) is 76.6 Å². The van der Waals surface area contributed by atoms with Crippen molar-refractivity contribution in [2.24, 2.45) is 10.7 Å². The minimum atomic E-state index is -0.498. The zero-order chi connectivity index (χ0) is 14.9. The molecular weight excluding hydrogens is 266 g/mol. The summed E-state index contributed by atoms with van der Waals surface area (Å²) in [5.41, 5.74) is 8.43. The van der Waals surface area contributed by atoms with Gasteiger partial charge in [-0.25, -0.2) is 20.0 Å². The molecule has 1 atom stereocenters. The van der Waals surface area contributed by atoms with Crippen molar-refractivity contribution in [3.05, 3.63) is 48.5 Å². The Morgan fingerprint density at radius 3 is 2.71 bits per heavy atom. The van der Waals surface area contributed by atoms with E-state index < -0.39 is 5.54 Å². The molecule has 0 saturated carbocycles. The van der Waals surface area contributed by atoms with Gasteiger partial charge in [0.25, 0.3) is 0 Å². The lowest BCUT2D eigenvalue weighted by Gasteiger charge is -2.34. The van der Waals surface area contributed by atoms with Crippen LogP contribution in [0.2, 0.25) is 0 Å². The van der Waals surface area contributed by atoms with Crippen molar-refractivity contribution >= 4 is 5.96 Å². The van der Waals surface area contributed by atoms with Crippen LogP contribution >= 0.6 is 0 Å². The second-order valence-corrected chi connectivity index (χ2v) is 5.22. The predicted octanol–water partition coefficient (Wildman–Crippen LogP) is 1.55. The summed E-state index contributed by atoms with van der Waals surface area (Å²) >= 11 is 0. The summed E-state index contributed by atoms with van der Waals surface area (Å²) < 4.78 is 0. The van der Waals surface area contributed by atoms with Crippen molar-refractivity contribution in [1.29, 1.82) is 0 Å². The molecule has 6 nitrogen and oxygen atoms in total. The molecule has 1 aliphatic heterocycles. The van der Waals surface area contributed by atoms with Gasteiger partial charge < -0.3 is 5.73 Å². The number of hydrogen-bond donors (Lipinski definition) is 1. The quantitative estimate of drug-likeness (QED) is 0.905. The van der Waals surface area contributed by atoms with Gasteiger partial charge >= 0.3 is 0 Å². The molecule has 6 heteroatoms. The van der Waals surface area contributed by atoms with E-state index in [0.717, 1.165) is 16.7 Å². The Hall–Kier alpha value is -2.47. The summed E-state index contributed by atoms with van der Waals surface area (Å²) in [5.74, 6) is 0.372. The Balaban J connectivity index is 2.01. The van der Waals surface area contributed by atoms with Crippen LogP contribution in [0.4, 0.5) is 0 Å². The number of benzene rings is 1. The number of hydrogen-bond acceptors (Lipinski definition) is 6. The summed E-state index contributed by atoms with van der Waals surface area (Å²) in [5, 5.41) is 1.48. The van der Waals surface area contributed by atoms with Crippen LogP contribution in [-0.2, 0) is 10.4 Å². The molecule has 0 amide bonds. The Labute approximate surface area is 123 Å². The Morgan fingerprint density at radius 1 is 1.24 bits per heavy atom. The highest BCUT2D eigenvalue weighted by Gasteiger charge is 2.32. The molecule has 2 N–H and O–H groups in total. The first-order chi connectivity index (χ1) is 10.1. The third kappa shape index (κ3) is 2.57. The van der Waals surface area contributed by atoms with E-state index >= 15 is 0 Å². The summed E-state index contributed by atoms with van der Waals surface area (Å²) in [6, 6.07) is 8.12. The molecule has 1 unspecified atom stereocenters. The van der Waals surface area contributed by atoms with Gasteiger partial charge in [-0.3, -0.25) is 4.84 Å². The smallest absolute Gasteiger partial charge is 0.216 e. The van der Waals surface area contributed by atoms with E-state index in [4.69, 9.17) is 10.6 Å². The van der Waals surface area contributed by atoms with Gasteiger partial charge in [0.2, 0.25) is 5.96 Å². The van der Waals surface area contributed by atoms with E-state index in [1.54, 1.807) is 19.4 Å². The molecule has 0 spiro atoms. The van der Waals surface area contributed by atoms with Gasteiger partial charge in [-0.2, -0.15) is 0 Å². The van der Waals surface area contributed by atoms with Crippen molar-refractivity contribution in [3.8, 4) is 11.1 Å². The molecule has 0 aliphatic carbocycles. The molecule has 0 fully saturated rings. The maximum Gasteiger partial charge on any atom is 0.216 e. The van der Waals surface area contributed by atoms with Crippen LogP contribution in [0, 0.1) is 0 Å². The van der Waals surface area contributed by atoms with Crippen molar-refractivity contribution in [1.82, 2.24) is 15.0 Å². The van der Waals surface area contributed by atoms with Crippen molar-refractivity contribution in [2.75, 3.05) is 13.7 Å². The number of aromatic nitrogens is 2. The molecule has 3 rings (SSSR count). The molecule has 0 radical (unpaired) electrons. The van der Waals surface area contributed by atoms with E-state index in [0.29, 0.717) is 12.6 Å². The molecule has 2 aromatic rings. The molecule has 108 valence electrons. The molecule has 1 aromatic heterocycles. The maximum absolute atomic E-state index is 5.87. The number of nitrogens with two attached hydrogens (primary N) is 1. The minimum Gasteiger partial charge on any atom is -0.368 e. The summed E-state index contributed by atoms with van der Waals surface area (Å²) in [7, 11) is 1.75. The number of aliphatic imine (C=N–C) groups is 1. The molecular formula is C15H17N5O. The van der Waals surface area contributed by atoms with Gasteiger partial charge in [0.1, 0.15) is 18.5 Å². The molecule has 2 heterocycles. The normalized spacial score (nSPS) is 22.0. The molecule has 1 aliphatic rings. The summed E-state index contributed by atoms with van der Waals surface area (Å²) in [6.07, 6.45) is 5.10. The lowest BCUT2D eigenvalue weighted by Crippen LogP contribution is -2.45. The first-order valence-corrected chi connectivity index (χ1v) is 6.66. The second-order valence-electron chi connectivity index (χ2n) is 5.22. The maximum atomic E-state index is 5.87. The standard InChI is InChI=1S/C15H17N5O/c1-15(9-21-20(2)14(16)19-15)13-5-3-4-11(6-13)12-7-17-10-18-8-12/h3-8,10H,9H2,1-2H3,(H2,16,19). The van der Waals surface area contributed by atoms with Crippen molar-refractivity contribution in [3.63, 3.8) is 0 Å². The van der Waals surface area contributed by atoms with Gasteiger partial charge in [0, 0.05) is 25.0 Å². The lowest BCUT2D eigenvalue weighted by atomic mass is 9.91. The molecule has 0 saturated heterocycles. The highest BCUT2D eigenvalue weighted by molar-refractivity contribution is 5.78. The van der Waals surface area contributed by atoms with Crippen LogP contribution in [0.3, 0.4) is 0 Å². The highest BCUT2D eigenvalue weighted by atomic mass is 16.7. The van der Waals surface area contributed by atoms with E-state index in [1.165, 1.54) is 11.4 Å². The van der Waals surface area contributed by atoms with Gasteiger partial charge in [0.05, 0.1) is 0 Å². The first-order valence-electron chi connectivity index (χ1n) is 6.66. The average Bonchev–Trinajstić information content (AvgIpc) is 2.52. The first kappa shape index (κ1) is 13.5. The lowest BCUT2D eigenvalue weighted by molar-refractivity contribution is -0.113. The van der Waals surface area contributed by atoms with Gasteiger partial charge in [-0.05, 0) is 24.1 Å². The zero-order valence-corrected chi connectivity index (χ0v) is 12.0. The predicted molar refractivity (Wildman–Crippen MR) is 80.2 cm³/mol. The van der Waals surface area contributed by atoms with Crippen LogP contribution in [0.1, 0.15) is 12.5 Å². The Morgan fingerprint density at radius 2 is 2.00 bits per heavy atom. The molecule has 21 heavy (non-hydrogen) atoms. The SMILES string of the molecule is CN1OCC(C)(c2cccc(-c3cncnc3)c2)N=C1N. The third-order valence-corrected chi connectivity index (χ3v) is 3.60. The zero-order valence-electron chi connectivity index (χ0n) is 12.0. The fourth-order valence-electron chi connectivity index (χ4n) is 2.27. The fourth-order valence-corrected chi connectivity index (χ4v) is 2.27. The van der Waals surface area contributed by atoms with Crippen LogP contribution in [-0.4, -0.2) is 34.6 Å². The Kier molecular flexibility index (Phi) is 3.31. The van der Waals surface area contributed by atoms with E-state index in [2.05, 4.69) is 21.0 Å². The number of guanidine groups is 1. The fraction of sp³-hybridized carbons (Fsp3) is 0.267. The van der Waals surface area contributed by atoms with Crippen molar-refractivity contribution in [2.45, 2.75) is 12.5 Å². The van der Waals surface area contributed by atoms with Crippen LogP contribution in [0.15, 0.2) is 48.0 Å². The highest BCUT2D eigenvalue weighted by Crippen LogP contribution is 2.31. The number of nitrogens with zero attached hydrogens (tertiary/aromatic N) is 4. The van der Waals surface area contributed by atoms with E-state index in [-0.39, 0.29) is 0 Å². The molecule has 1 aromatic carbocycles. The minimum absolute atomic E-state index is 0.372. The monoisotopic (exact) mass is 283 g/mol. The second kappa shape index (κ2) is 5.14. The van der Waals surface area contributed by atoms with Gasteiger partial charge in [0.15, 0.2) is 0 Å². The number of hydroxylamine groups is 2. The Bertz CT molecular complexity index is 673. The van der Waals surface area contributed by atoms with Crippen LogP contribution in [0.5, 0.6) is 0 Å². The summed E-state index contributed by atoms with van der Waals surface area (Å²) in [6.45, 7) is 2.45. The van der Waals surface area contributed by atoms with E-state index in [9.17, 15) is 0 Å². The van der Waals surface area contributed by atoms with Crippen molar-refractivity contribution < 1.29 is 4.84 Å². The molecule has 0 bridgehead atoms. The van der Waals surface area contributed by atoms with E-state index in [1.807, 2.05) is 25.1 Å². The third-order valence-electron chi connectivity index (χ3n) is 3.60. The van der Waals surface area contributed by atoms with Crippen LogP contribution < -0.4 is 5.73 Å². The average molecular weight is 283 g/mol. The van der Waals surface area contributed by atoms with Gasteiger partial charge in [-0.15, -0.1) is 0 Å². The van der Waals surface area contributed by atoms with Gasteiger partial charge in [-0.1, -0.05) is 18.2 Å². The largest absolute Gasteiger partial charge is 0.368 e. The summed E-state index contributed by atoms with van der Waals surface area (Å²) in [4.78, 5) is 18.2.